The minimum absolute atomic E-state index is 0.0135. The predicted octanol–water partition coefficient (Wildman–Crippen LogP) is 2.39. The molecule has 0 bridgehead atoms. The summed E-state index contributed by atoms with van der Waals surface area (Å²) in [5.74, 6) is 0.452. The number of carbonyl (C=O) groups excluding carboxylic acids is 2. The Hall–Kier alpha value is -1.75. The molecule has 0 radical (unpaired) electrons. The van der Waals surface area contributed by atoms with E-state index < -0.39 is 0 Å². The Labute approximate surface area is 153 Å². The van der Waals surface area contributed by atoms with E-state index in [4.69, 9.17) is 11.6 Å². The summed E-state index contributed by atoms with van der Waals surface area (Å²) < 4.78 is 0. The summed E-state index contributed by atoms with van der Waals surface area (Å²) in [6.45, 7) is 3.79. The molecule has 0 aromatic heterocycles. The summed E-state index contributed by atoms with van der Waals surface area (Å²) in [5, 5.41) is 0.740. The Morgan fingerprint density at radius 1 is 1.00 bits per heavy atom. The molecule has 0 unspecified atom stereocenters. The number of likely N-dealkylation sites (tertiary alicyclic amines) is 1. The van der Waals surface area contributed by atoms with E-state index in [-0.39, 0.29) is 17.7 Å². The van der Waals surface area contributed by atoms with Crippen molar-refractivity contribution < 1.29 is 9.59 Å². The quantitative estimate of drug-likeness (QED) is 0.830. The second-order valence-corrected chi connectivity index (χ2v) is 7.74. The highest BCUT2D eigenvalue weighted by molar-refractivity contribution is 6.30. The van der Waals surface area contributed by atoms with Crippen LogP contribution in [0.2, 0.25) is 5.02 Å². The molecule has 5 nitrogen and oxygen atoms in total. The summed E-state index contributed by atoms with van der Waals surface area (Å²) in [7, 11) is 0. The molecule has 134 valence electrons. The van der Waals surface area contributed by atoms with Crippen molar-refractivity contribution in [1.29, 1.82) is 0 Å². The van der Waals surface area contributed by atoms with Gasteiger partial charge in [0.2, 0.25) is 11.8 Å². The van der Waals surface area contributed by atoms with Gasteiger partial charge in [-0.25, -0.2) is 0 Å². The van der Waals surface area contributed by atoms with Crippen LogP contribution < -0.4 is 4.90 Å². The van der Waals surface area contributed by atoms with Crippen LogP contribution in [-0.2, 0) is 9.59 Å². The molecule has 0 spiro atoms. The minimum atomic E-state index is -0.0135. The number of rotatable bonds is 3. The molecule has 3 aliphatic rings. The fourth-order valence-electron chi connectivity index (χ4n) is 3.91. The largest absolute Gasteiger partial charge is 0.368 e. The van der Waals surface area contributed by atoms with Gasteiger partial charge in [0.05, 0.1) is 5.92 Å². The highest BCUT2D eigenvalue weighted by Gasteiger charge is 2.40. The lowest BCUT2D eigenvalue weighted by molar-refractivity contribution is -0.143. The number of anilines is 1. The number of nitrogens with zero attached hydrogens (tertiary/aromatic N) is 3. The van der Waals surface area contributed by atoms with Crippen LogP contribution in [0.3, 0.4) is 0 Å². The van der Waals surface area contributed by atoms with E-state index >= 15 is 0 Å². The lowest BCUT2D eigenvalue weighted by Gasteiger charge is -2.39. The normalized spacial score (nSPS) is 24.6. The molecule has 1 aromatic rings. The smallest absolute Gasteiger partial charge is 0.227 e. The van der Waals surface area contributed by atoms with Gasteiger partial charge in [-0.2, -0.15) is 0 Å². The van der Waals surface area contributed by atoms with Crippen molar-refractivity contribution in [3.05, 3.63) is 29.3 Å². The summed E-state index contributed by atoms with van der Waals surface area (Å²) in [4.78, 5) is 31.1. The van der Waals surface area contributed by atoms with Crippen molar-refractivity contribution in [2.24, 2.45) is 5.92 Å². The second kappa shape index (κ2) is 6.87. The van der Waals surface area contributed by atoms with Crippen molar-refractivity contribution in [3.8, 4) is 0 Å². The molecule has 2 saturated heterocycles. The summed E-state index contributed by atoms with van der Waals surface area (Å²) in [6.07, 6.45) is 3.44. The van der Waals surface area contributed by atoms with Gasteiger partial charge in [0.25, 0.3) is 0 Å². The zero-order chi connectivity index (χ0) is 17.4. The van der Waals surface area contributed by atoms with Gasteiger partial charge in [0.1, 0.15) is 0 Å². The van der Waals surface area contributed by atoms with Crippen LogP contribution in [0.25, 0.3) is 0 Å². The highest BCUT2D eigenvalue weighted by atomic mass is 35.5. The van der Waals surface area contributed by atoms with Crippen LogP contribution >= 0.6 is 11.6 Å². The number of benzene rings is 1. The average Bonchev–Trinajstić information content (AvgIpc) is 3.47. The fraction of sp³-hybridized carbons (Fsp3) is 0.579. The first kappa shape index (κ1) is 16.7. The Morgan fingerprint density at radius 2 is 1.68 bits per heavy atom. The first-order valence-corrected chi connectivity index (χ1v) is 9.58. The van der Waals surface area contributed by atoms with Gasteiger partial charge in [0, 0.05) is 55.9 Å². The second-order valence-electron chi connectivity index (χ2n) is 7.30. The molecule has 6 heteroatoms. The molecule has 3 fully saturated rings. The van der Waals surface area contributed by atoms with Gasteiger partial charge in [0.15, 0.2) is 0 Å². The molecule has 25 heavy (non-hydrogen) atoms. The van der Waals surface area contributed by atoms with Gasteiger partial charge < -0.3 is 14.7 Å². The van der Waals surface area contributed by atoms with Crippen LogP contribution in [0.15, 0.2) is 24.3 Å². The number of carbonyl (C=O) groups is 2. The van der Waals surface area contributed by atoms with Crippen LogP contribution in [0.1, 0.15) is 25.7 Å². The van der Waals surface area contributed by atoms with Crippen LogP contribution in [-0.4, -0.2) is 60.4 Å². The maximum Gasteiger partial charge on any atom is 0.227 e. The van der Waals surface area contributed by atoms with E-state index in [0.717, 1.165) is 49.7 Å². The molecular weight excluding hydrogens is 338 g/mol. The van der Waals surface area contributed by atoms with Crippen molar-refractivity contribution >= 4 is 29.1 Å². The third-order valence-corrected chi connectivity index (χ3v) is 5.82. The van der Waals surface area contributed by atoms with Crippen LogP contribution in [0.5, 0.6) is 0 Å². The Bertz CT molecular complexity index is 651. The molecule has 1 aliphatic carbocycles. The fourth-order valence-corrected chi connectivity index (χ4v) is 4.03. The number of piperidine rings is 1. The van der Waals surface area contributed by atoms with Gasteiger partial charge in [-0.05, 0) is 43.5 Å². The lowest BCUT2D eigenvalue weighted by atomic mass is 9.95. The van der Waals surface area contributed by atoms with E-state index in [1.54, 1.807) is 0 Å². The first-order valence-electron chi connectivity index (χ1n) is 9.20. The average molecular weight is 362 g/mol. The van der Waals surface area contributed by atoms with E-state index in [2.05, 4.69) is 4.90 Å². The van der Waals surface area contributed by atoms with Crippen molar-refractivity contribution in [2.45, 2.75) is 31.7 Å². The highest BCUT2D eigenvalue weighted by Crippen LogP contribution is 2.32. The van der Waals surface area contributed by atoms with Crippen LogP contribution in [0.4, 0.5) is 5.69 Å². The lowest BCUT2D eigenvalue weighted by Crippen LogP contribution is -2.53. The molecule has 0 N–H and O–H groups in total. The number of amides is 2. The van der Waals surface area contributed by atoms with E-state index in [9.17, 15) is 9.59 Å². The molecule has 2 heterocycles. The number of halogens is 1. The Morgan fingerprint density at radius 3 is 2.32 bits per heavy atom. The monoisotopic (exact) mass is 361 g/mol. The maximum absolute atomic E-state index is 12.9. The minimum Gasteiger partial charge on any atom is -0.368 e. The van der Waals surface area contributed by atoms with Gasteiger partial charge >= 0.3 is 0 Å². The zero-order valence-corrected chi connectivity index (χ0v) is 15.1. The van der Waals surface area contributed by atoms with Crippen LogP contribution in [0, 0.1) is 5.92 Å². The predicted molar refractivity (Wildman–Crippen MR) is 97.7 cm³/mol. The van der Waals surface area contributed by atoms with Crippen molar-refractivity contribution in [1.82, 2.24) is 9.80 Å². The topological polar surface area (TPSA) is 43.9 Å². The molecule has 2 amide bonds. The Balaban J connectivity index is 1.33. The molecule has 4 rings (SSSR count). The van der Waals surface area contributed by atoms with E-state index in [0.29, 0.717) is 25.4 Å². The van der Waals surface area contributed by atoms with Gasteiger partial charge in [-0.1, -0.05) is 11.6 Å². The summed E-state index contributed by atoms with van der Waals surface area (Å²) >= 11 is 5.95. The summed E-state index contributed by atoms with van der Waals surface area (Å²) in [6, 6.07) is 8.27. The molecule has 1 aromatic carbocycles. The third-order valence-electron chi connectivity index (χ3n) is 5.56. The van der Waals surface area contributed by atoms with Crippen molar-refractivity contribution in [3.63, 3.8) is 0 Å². The maximum atomic E-state index is 12.9. The van der Waals surface area contributed by atoms with E-state index in [1.165, 1.54) is 0 Å². The summed E-state index contributed by atoms with van der Waals surface area (Å²) in [5.41, 5.74) is 1.15. The SMILES string of the molecule is O=C([C@@H]1CCC(=O)N(C2CC2)C1)N1CCN(c2ccc(Cl)cc2)CC1. The molecular formula is C19H24ClN3O2. The third kappa shape index (κ3) is 3.61. The number of piperazine rings is 1. The molecule has 1 atom stereocenters. The van der Waals surface area contributed by atoms with Gasteiger partial charge in [-0.3, -0.25) is 9.59 Å². The zero-order valence-electron chi connectivity index (χ0n) is 14.4. The molecule has 1 saturated carbocycles. The Kier molecular flexibility index (Phi) is 4.59. The van der Waals surface area contributed by atoms with Crippen molar-refractivity contribution in [2.75, 3.05) is 37.6 Å². The van der Waals surface area contributed by atoms with Gasteiger partial charge in [-0.15, -0.1) is 0 Å². The molecule has 2 aliphatic heterocycles. The van der Waals surface area contributed by atoms with E-state index in [1.807, 2.05) is 34.1 Å². The first-order chi connectivity index (χ1) is 12.1. The standard InChI is InChI=1S/C19H24ClN3O2/c20-15-2-4-16(5-3-15)21-9-11-22(12-10-21)19(25)14-1-8-18(24)23(13-14)17-6-7-17/h2-5,14,17H,1,6-13H2/t14-/m1/s1. The number of hydrogen-bond acceptors (Lipinski definition) is 3. The number of hydrogen-bond donors (Lipinski definition) is 0.